The number of carbonyl (C=O) groups excluding carboxylic acids is 3. The van der Waals surface area contributed by atoms with Gasteiger partial charge in [-0.15, -0.1) is 0 Å². The van der Waals surface area contributed by atoms with Crippen LogP contribution in [0.2, 0.25) is 0 Å². The van der Waals surface area contributed by atoms with Crippen molar-refractivity contribution in [2.45, 2.75) is 82.2 Å². The highest BCUT2D eigenvalue weighted by atomic mass is 19.4. The Hall–Kier alpha value is -5.09. The minimum absolute atomic E-state index is 0.142. The summed E-state index contributed by atoms with van der Waals surface area (Å²) in [6.45, 7) is 6.71. The zero-order valence-electron chi connectivity index (χ0n) is 31.4. The normalized spacial score (nSPS) is 21.9. The fraction of sp³-hybridized carbons (Fsp3) is 0.488. The van der Waals surface area contributed by atoms with Gasteiger partial charge in [0.2, 0.25) is 11.8 Å². The van der Waals surface area contributed by atoms with Crippen LogP contribution in [0.4, 0.5) is 24.5 Å². The van der Waals surface area contributed by atoms with Gasteiger partial charge in [-0.1, -0.05) is 12.1 Å². The van der Waals surface area contributed by atoms with Crippen LogP contribution in [0.3, 0.4) is 0 Å². The molecule has 56 heavy (non-hydrogen) atoms. The number of nitrogens with zero attached hydrogens (tertiary/aromatic N) is 5. The molecule has 5 aliphatic heterocycles. The van der Waals surface area contributed by atoms with Crippen LogP contribution in [0.1, 0.15) is 89.9 Å². The van der Waals surface area contributed by atoms with Gasteiger partial charge in [0, 0.05) is 75.7 Å². The van der Waals surface area contributed by atoms with Crippen molar-refractivity contribution in [3.63, 3.8) is 0 Å². The number of ether oxygens (including phenoxy) is 1. The Bertz CT molecular complexity index is 1990. The SMILES string of the molecule is N#Cc1ccc(N2CCC(c3ccc(OC4CCN(CC5CCN(c6ccc7c(c6)CN(C6CCC(=O)NC6=O)C7=O)CC5)CC4)cc3)CC2)cc1C(F)(F)F. The predicted molar refractivity (Wildman–Crippen MR) is 204 cm³/mol. The van der Waals surface area contributed by atoms with Gasteiger partial charge in [0.05, 0.1) is 17.2 Å². The molecular weight excluding hydrogens is 722 g/mol. The van der Waals surface area contributed by atoms with Crippen molar-refractivity contribution in [1.82, 2.24) is 15.1 Å². The molecule has 0 saturated carbocycles. The predicted octanol–water partition coefficient (Wildman–Crippen LogP) is 6.48. The second-order valence-corrected chi connectivity index (χ2v) is 16.0. The number of piperidine rings is 4. The van der Waals surface area contributed by atoms with Crippen molar-refractivity contribution >= 4 is 29.1 Å². The first-order valence-electron chi connectivity index (χ1n) is 19.9. The van der Waals surface area contributed by atoms with Crippen molar-refractivity contribution in [2.75, 3.05) is 55.6 Å². The number of anilines is 2. The maximum absolute atomic E-state index is 13.5. The summed E-state index contributed by atoms with van der Waals surface area (Å²) in [5.41, 5.74) is 3.19. The fourth-order valence-electron chi connectivity index (χ4n) is 9.25. The third-order valence-electron chi connectivity index (χ3n) is 12.5. The number of hydrogen-bond donors (Lipinski definition) is 1. The summed E-state index contributed by atoms with van der Waals surface area (Å²) in [6.07, 6.45) is 2.06. The highest BCUT2D eigenvalue weighted by Gasteiger charge is 2.40. The number of nitrogens with one attached hydrogen (secondary N) is 1. The molecule has 3 aromatic rings. The van der Waals surface area contributed by atoms with Gasteiger partial charge in [0.25, 0.3) is 5.91 Å². The molecule has 4 fully saturated rings. The van der Waals surface area contributed by atoms with Gasteiger partial charge in [0.1, 0.15) is 17.9 Å². The van der Waals surface area contributed by atoms with E-state index in [0.717, 1.165) is 94.3 Å². The molecule has 1 atom stereocenters. The van der Waals surface area contributed by atoms with Gasteiger partial charge in [-0.2, -0.15) is 18.4 Å². The summed E-state index contributed by atoms with van der Waals surface area (Å²) in [5.74, 6) is 1.01. The highest BCUT2D eigenvalue weighted by molar-refractivity contribution is 6.05. The summed E-state index contributed by atoms with van der Waals surface area (Å²) in [5, 5.41) is 11.5. The first kappa shape index (κ1) is 37.8. The average Bonchev–Trinajstić information content (AvgIpc) is 3.53. The molecule has 0 radical (unpaired) electrons. The maximum atomic E-state index is 13.5. The van der Waals surface area contributed by atoms with Crippen LogP contribution in [0.5, 0.6) is 5.75 Å². The Labute approximate surface area is 325 Å². The van der Waals surface area contributed by atoms with Crippen molar-refractivity contribution < 1.29 is 32.3 Å². The number of imide groups is 1. The second-order valence-electron chi connectivity index (χ2n) is 16.0. The molecule has 5 heterocycles. The van der Waals surface area contributed by atoms with Crippen molar-refractivity contribution in [3.05, 3.63) is 88.5 Å². The molecule has 8 rings (SSSR count). The minimum Gasteiger partial charge on any atom is -0.490 e. The van der Waals surface area contributed by atoms with Crippen LogP contribution in [-0.2, 0) is 22.3 Å². The van der Waals surface area contributed by atoms with Crippen molar-refractivity contribution in [3.8, 4) is 11.8 Å². The number of hydrogen-bond acceptors (Lipinski definition) is 8. The van der Waals surface area contributed by atoms with E-state index < -0.39 is 17.8 Å². The minimum atomic E-state index is -4.56. The lowest BCUT2D eigenvalue weighted by molar-refractivity contribution is -0.138. The molecule has 0 aliphatic carbocycles. The zero-order chi connectivity index (χ0) is 39.0. The fourth-order valence-corrected chi connectivity index (χ4v) is 9.25. The van der Waals surface area contributed by atoms with E-state index in [4.69, 9.17) is 10.00 Å². The third kappa shape index (κ3) is 8.08. The summed E-state index contributed by atoms with van der Waals surface area (Å²) in [6, 6.07) is 19.4. The molecule has 3 amide bonds. The van der Waals surface area contributed by atoms with E-state index in [9.17, 15) is 27.6 Å². The van der Waals surface area contributed by atoms with Gasteiger partial charge in [-0.05, 0) is 116 Å². The Kier molecular flexibility index (Phi) is 10.7. The van der Waals surface area contributed by atoms with Crippen LogP contribution in [0.15, 0.2) is 60.7 Å². The van der Waals surface area contributed by atoms with E-state index in [1.54, 1.807) is 17.0 Å². The summed E-state index contributed by atoms with van der Waals surface area (Å²) < 4.78 is 46.9. The number of benzene rings is 3. The largest absolute Gasteiger partial charge is 0.490 e. The molecule has 0 spiro atoms. The topological polar surface area (TPSA) is 109 Å². The van der Waals surface area contributed by atoms with Crippen LogP contribution in [0.25, 0.3) is 0 Å². The number of fused-ring (bicyclic) bond motifs is 1. The molecule has 5 aliphatic rings. The van der Waals surface area contributed by atoms with E-state index in [-0.39, 0.29) is 35.8 Å². The summed E-state index contributed by atoms with van der Waals surface area (Å²) in [7, 11) is 0. The number of amides is 3. The lowest BCUT2D eigenvalue weighted by atomic mass is 9.89. The van der Waals surface area contributed by atoms with Crippen molar-refractivity contribution in [2.24, 2.45) is 5.92 Å². The van der Waals surface area contributed by atoms with Crippen LogP contribution in [0, 0.1) is 17.2 Å². The molecule has 294 valence electrons. The molecule has 4 saturated heterocycles. The monoisotopic (exact) mass is 768 g/mol. The summed E-state index contributed by atoms with van der Waals surface area (Å²) >= 11 is 0. The van der Waals surface area contributed by atoms with Crippen LogP contribution in [-0.4, -0.2) is 85.5 Å². The van der Waals surface area contributed by atoms with Gasteiger partial charge in [-0.3, -0.25) is 19.7 Å². The number of carbonyl (C=O) groups is 3. The van der Waals surface area contributed by atoms with Gasteiger partial charge in [-0.25, -0.2) is 0 Å². The first-order chi connectivity index (χ1) is 27.0. The van der Waals surface area contributed by atoms with Gasteiger partial charge >= 0.3 is 6.18 Å². The van der Waals surface area contributed by atoms with E-state index in [2.05, 4.69) is 33.3 Å². The standard InChI is InChI=1S/C43H47F3N6O4/c44-43(45,46)38-24-34(4-1-31(38)25-47)51-21-13-30(14-22-51)29-2-6-35(7-3-29)56-36-15-17-49(18-16-36)26-28-11-19-50(20-12-28)33-5-8-37-32(23-33)27-52(42(37)55)39-9-10-40(53)48-41(39)54/h1-8,23-24,28,30,36,39H,9-22,26-27H2,(H,48,53,54). The molecule has 10 nitrogen and oxygen atoms in total. The number of likely N-dealkylation sites (tertiary alicyclic amines) is 1. The van der Waals surface area contributed by atoms with E-state index in [1.807, 2.05) is 29.2 Å². The smallest absolute Gasteiger partial charge is 0.417 e. The molecule has 0 bridgehead atoms. The number of alkyl halides is 3. The average molecular weight is 769 g/mol. The second kappa shape index (κ2) is 15.8. The Morgan fingerprint density at radius 3 is 2.11 bits per heavy atom. The van der Waals surface area contributed by atoms with Crippen molar-refractivity contribution in [1.29, 1.82) is 5.26 Å². The number of nitriles is 1. The van der Waals surface area contributed by atoms with E-state index >= 15 is 0 Å². The van der Waals surface area contributed by atoms with E-state index in [0.29, 0.717) is 49.1 Å². The van der Waals surface area contributed by atoms with Gasteiger partial charge < -0.3 is 24.3 Å². The summed E-state index contributed by atoms with van der Waals surface area (Å²) in [4.78, 5) is 45.7. The highest BCUT2D eigenvalue weighted by Crippen LogP contribution is 2.37. The lowest BCUT2D eigenvalue weighted by Gasteiger charge is -2.38. The molecular formula is C43H47F3N6O4. The van der Waals surface area contributed by atoms with Crippen LogP contribution < -0.4 is 19.9 Å². The molecule has 13 heteroatoms. The van der Waals surface area contributed by atoms with Gasteiger partial charge in [0.15, 0.2) is 0 Å². The third-order valence-corrected chi connectivity index (χ3v) is 12.5. The Morgan fingerprint density at radius 1 is 0.786 bits per heavy atom. The van der Waals surface area contributed by atoms with Crippen LogP contribution >= 0.6 is 0 Å². The number of rotatable bonds is 8. The molecule has 1 unspecified atom stereocenters. The lowest BCUT2D eigenvalue weighted by Crippen LogP contribution is -2.52. The Morgan fingerprint density at radius 2 is 1.45 bits per heavy atom. The zero-order valence-corrected chi connectivity index (χ0v) is 31.4. The molecule has 1 N–H and O–H groups in total. The molecule has 0 aromatic heterocycles. The quantitative estimate of drug-likeness (QED) is 0.260. The number of halogens is 3. The van der Waals surface area contributed by atoms with E-state index in [1.165, 1.54) is 11.6 Å². The molecule has 3 aromatic carbocycles. The Balaban J connectivity index is 0.755. The first-order valence-corrected chi connectivity index (χ1v) is 19.9. The maximum Gasteiger partial charge on any atom is 0.417 e.